The van der Waals surface area contributed by atoms with Gasteiger partial charge in [0.25, 0.3) is 0 Å². The number of benzene rings is 2. The third kappa shape index (κ3) is 2.89. The Morgan fingerprint density at radius 2 is 1.71 bits per heavy atom. The summed E-state index contributed by atoms with van der Waals surface area (Å²) in [5, 5.41) is 20.3. The lowest BCUT2D eigenvalue weighted by Crippen LogP contribution is -2.47. The molecular weight excluding hydrogens is 298 g/mol. The average molecular weight is 319 g/mol. The summed E-state index contributed by atoms with van der Waals surface area (Å²) in [5.41, 5.74) is 2.55. The van der Waals surface area contributed by atoms with E-state index >= 15 is 0 Å². The molecule has 1 aliphatic rings. The van der Waals surface area contributed by atoms with Crippen LogP contribution in [0.25, 0.3) is 0 Å². The van der Waals surface area contributed by atoms with E-state index in [9.17, 15) is 5.26 Å². The number of para-hydroxylation sites is 1. The van der Waals surface area contributed by atoms with E-state index in [-0.39, 0.29) is 12.2 Å². The number of nitriles is 1. The second-order valence-corrected chi connectivity index (χ2v) is 5.67. The fraction of sp³-hybridized carbons (Fsp3) is 0.316. The highest BCUT2D eigenvalue weighted by molar-refractivity contribution is 5.59. The molecule has 1 heterocycles. The Labute approximate surface area is 142 Å². The Balaban J connectivity index is 2.04. The maximum Gasteiger partial charge on any atom is 0.135 e. The second-order valence-electron chi connectivity index (χ2n) is 5.67. The molecule has 0 spiro atoms. The fourth-order valence-corrected chi connectivity index (χ4v) is 3.16. The first kappa shape index (κ1) is 16.2. The van der Waals surface area contributed by atoms with Crippen LogP contribution in [0.3, 0.4) is 0 Å². The third-order valence-corrected chi connectivity index (χ3v) is 4.40. The molecule has 0 amide bonds. The summed E-state index contributed by atoms with van der Waals surface area (Å²) < 4.78 is 0. The molecule has 0 N–H and O–H groups in total. The highest BCUT2D eigenvalue weighted by Crippen LogP contribution is 2.37. The number of hydrogen-bond acceptors (Lipinski definition) is 5. The van der Waals surface area contributed by atoms with Crippen LogP contribution in [0.15, 0.2) is 64.9 Å². The van der Waals surface area contributed by atoms with Crippen molar-refractivity contribution in [1.82, 2.24) is 4.90 Å². The predicted molar refractivity (Wildman–Crippen MR) is 94.4 cm³/mol. The van der Waals surface area contributed by atoms with Crippen molar-refractivity contribution in [2.75, 3.05) is 18.1 Å². The highest BCUT2D eigenvalue weighted by atomic mass is 15.7. The summed E-state index contributed by atoms with van der Waals surface area (Å²) in [5.74, 6) is 0. The van der Waals surface area contributed by atoms with Gasteiger partial charge < -0.3 is 0 Å². The Morgan fingerprint density at radius 1 is 1.04 bits per heavy atom. The van der Waals surface area contributed by atoms with E-state index in [0.717, 1.165) is 24.3 Å². The van der Waals surface area contributed by atoms with Crippen LogP contribution in [0.5, 0.6) is 0 Å². The molecule has 2 aromatic rings. The van der Waals surface area contributed by atoms with Crippen LogP contribution < -0.4 is 5.01 Å². The van der Waals surface area contributed by atoms with Gasteiger partial charge in [-0.25, -0.2) is 5.01 Å². The molecule has 0 aromatic heterocycles. The average Bonchev–Trinajstić information content (AvgIpc) is 3.08. The van der Waals surface area contributed by atoms with Crippen LogP contribution in [0.2, 0.25) is 0 Å². The number of rotatable bonds is 5. The van der Waals surface area contributed by atoms with Crippen molar-refractivity contribution in [2.24, 2.45) is 10.3 Å². The minimum atomic E-state index is -0.0714. The zero-order chi connectivity index (χ0) is 16.9. The van der Waals surface area contributed by atoms with E-state index in [1.807, 2.05) is 47.5 Å². The first-order valence-electron chi connectivity index (χ1n) is 8.28. The van der Waals surface area contributed by atoms with Gasteiger partial charge in [0.05, 0.1) is 11.3 Å². The van der Waals surface area contributed by atoms with Gasteiger partial charge in [0.2, 0.25) is 0 Å². The van der Waals surface area contributed by atoms with Gasteiger partial charge in [-0.3, -0.25) is 4.90 Å². The van der Waals surface area contributed by atoms with E-state index in [2.05, 4.69) is 47.3 Å². The molecule has 5 heteroatoms. The standard InChI is InChI=1S/C19H21N5/c1-3-23(4-2)19-18(15-10-6-5-7-11-15)21-22-24(19)17-13-9-8-12-16(17)14-20/h5-13,18-19H,3-4H2,1-2H3. The van der Waals surface area contributed by atoms with Gasteiger partial charge in [0.1, 0.15) is 18.3 Å². The quantitative estimate of drug-likeness (QED) is 0.831. The minimum Gasteiger partial charge on any atom is -0.280 e. The van der Waals surface area contributed by atoms with Crippen molar-refractivity contribution in [2.45, 2.75) is 26.1 Å². The lowest BCUT2D eigenvalue weighted by molar-refractivity contribution is 0.200. The molecule has 5 nitrogen and oxygen atoms in total. The lowest BCUT2D eigenvalue weighted by Gasteiger charge is -2.35. The van der Waals surface area contributed by atoms with E-state index < -0.39 is 0 Å². The maximum atomic E-state index is 9.44. The molecule has 2 aromatic carbocycles. The molecule has 0 radical (unpaired) electrons. The number of likely N-dealkylation sites (N-methyl/N-ethyl adjacent to an activating group) is 1. The summed E-state index contributed by atoms with van der Waals surface area (Å²) in [6.07, 6.45) is -0.0306. The highest BCUT2D eigenvalue weighted by Gasteiger charge is 2.38. The van der Waals surface area contributed by atoms with Crippen molar-refractivity contribution in [1.29, 1.82) is 5.26 Å². The molecule has 3 rings (SSSR count). The lowest BCUT2D eigenvalue weighted by atomic mass is 10.0. The molecule has 0 aliphatic carbocycles. The molecule has 24 heavy (non-hydrogen) atoms. The van der Waals surface area contributed by atoms with Crippen LogP contribution in [0.4, 0.5) is 5.69 Å². The molecule has 0 bridgehead atoms. The molecule has 122 valence electrons. The van der Waals surface area contributed by atoms with Crippen LogP contribution in [0, 0.1) is 11.3 Å². The summed E-state index contributed by atoms with van der Waals surface area (Å²) in [4.78, 5) is 2.33. The van der Waals surface area contributed by atoms with Gasteiger partial charge >= 0.3 is 0 Å². The smallest absolute Gasteiger partial charge is 0.135 e. The maximum absolute atomic E-state index is 9.44. The Hall–Kier alpha value is -2.71. The largest absolute Gasteiger partial charge is 0.280 e. The van der Waals surface area contributed by atoms with Crippen LogP contribution in [0.1, 0.15) is 31.0 Å². The Bertz CT molecular complexity index is 746. The second kappa shape index (κ2) is 7.24. The van der Waals surface area contributed by atoms with Gasteiger partial charge in [0.15, 0.2) is 0 Å². The Kier molecular flexibility index (Phi) is 4.88. The zero-order valence-electron chi connectivity index (χ0n) is 14.0. The topological polar surface area (TPSA) is 55.0 Å². The molecule has 2 unspecified atom stereocenters. The summed E-state index contributed by atoms with van der Waals surface area (Å²) in [6.45, 7) is 6.05. The van der Waals surface area contributed by atoms with E-state index in [4.69, 9.17) is 0 Å². The fourth-order valence-electron chi connectivity index (χ4n) is 3.16. The van der Waals surface area contributed by atoms with Gasteiger partial charge in [-0.2, -0.15) is 10.4 Å². The monoisotopic (exact) mass is 319 g/mol. The van der Waals surface area contributed by atoms with Gasteiger partial charge in [-0.1, -0.05) is 61.5 Å². The van der Waals surface area contributed by atoms with Gasteiger partial charge in [0, 0.05) is 0 Å². The van der Waals surface area contributed by atoms with Crippen LogP contribution >= 0.6 is 0 Å². The predicted octanol–water partition coefficient (Wildman–Crippen LogP) is 4.15. The summed E-state index contributed by atoms with van der Waals surface area (Å²) in [6, 6.07) is 20.0. The molecule has 1 aliphatic heterocycles. The van der Waals surface area contributed by atoms with Crippen LogP contribution in [-0.2, 0) is 0 Å². The zero-order valence-corrected chi connectivity index (χ0v) is 14.0. The van der Waals surface area contributed by atoms with Gasteiger partial charge in [-0.15, -0.1) is 0 Å². The number of anilines is 1. The third-order valence-electron chi connectivity index (χ3n) is 4.40. The molecule has 0 fully saturated rings. The van der Waals surface area contributed by atoms with E-state index in [0.29, 0.717) is 5.56 Å². The normalized spacial score (nSPS) is 19.7. The van der Waals surface area contributed by atoms with Crippen molar-refractivity contribution < 1.29 is 0 Å². The summed E-state index contributed by atoms with van der Waals surface area (Å²) >= 11 is 0. The first-order chi connectivity index (χ1) is 11.8. The SMILES string of the molecule is CCN(CC)C1C(c2ccccc2)N=NN1c1ccccc1C#N. The van der Waals surface area contributed by atoms with E-state index in [1.165, 1.54) is 0 Å². The molecule has 0 saturated heterocycles. The van der Waals surface area contributed by atoms with Crippen molar-refractivity contribution >= 4 is 5.69 Å². The van der Waals surface area contributed by atoms with Gasteiger partial charge in [-0.05, 0) is 30.8 Å². The molecular formula is C19H21N5. The van der Waals surface area contributed by atoms with Crippen molar-refractivity contribution in [3.05, 3.63) is 65.7 Å². The Morgan fingerprint density at radius 3 is 2.38 bits per heavy atom. The first-order valence-corrected chi connectivity index (χ1v) is 8.28. The number of hydrogen-bond donors (Lipinski definition) is 0. The van der Waals surface area contributed by atoms with Crippen molar-refractivity contribution in [3.8, 4) is 6.07 Å². The minimum absolute atomic E-state index is 0.0306. The number of nitrogens with zero attached hydrogens (tertiary/aromatic N) is 5. The molecule has 2 atom stereocenters. The summed E-state index contributed by atoms with van der Waals surface area (Å²) in [7, 11) is 0. The molecule has 0 saturated carbocycles. The van der Waals surface area contributed by atoms with E-state index in [1.54, 1.807) is 0 Å². The van der Waals surface area contributed by atoms with Crippen molar-refractivity contribution in [3.63, 3.8) is 0 Å². The van der Waals surface area contributed by atoms with Crippen LogP contribution in [-0.4, -0.2) is 24.2 Å².